The van der Waals surface area contributed by atoms with Crippen LogP contribution in [-0.2, 0) is 21.5 Å². The summed E-state index contributed by atoms with van der Waals surface area (Å²) in [6.07, 6.45) is 1.09. The molecule has 1 aromatic heterocycles. The van der Waals surface area contributed by atoms with Crippen LogP contribution in [0.4, 0.5) is 5.69 Å². The molecule has 1 N–H and O–H groups in total. The molecule has 6 heteroatoms. The van der Waals surface area contributed by atoms with Crippen molar-refractivity contribution in [1.29, 1.82) is 0 Å². The number of amides is 2. The molecule has 5 nitrogen and oxygen atoms in total. The minimum atomic E-state index is -1.15. The minimum absolute atomic E-state index is 0.0149. The first kappa shape index (κ1) is 17.5. The molecule has 0 saturated heterocycles. The summed E-state index contributed by atoms with van der Waals surface area (Å²) in [4.78, 5) is 33.8. The summed E-state index contributed by atoms with van der Waals surface area (Å²) in [6, 6.07) is 14.0. The molecule has 0 bridgehead atoms. The molecular weight excluding hydrogens is 418 g/mol. The Morgan fingerprint density at radius 2 is 2.04 bits per heavy atom. The number of hydrogen-bond acceptors (Lipinski definition) is 2. The molecule has 0 saturated carbocycles. The van der Waals surface area contributed by atoms with Crippen molar-refractivity contribution in [2.75, 3.05) is 18.5 Å². The molecule has 0 aliphatic carbocycles. The van der Waals surface area contributed by atoms with E-state index in [0.717, 1.165) is 44.3 Å². The molecule has 5 rings (SSSR count). The number of carbonyl (C=O) groups is 2. The molecule has 2 aromatic carbocycles. The highest BCUT2D eigenvalue weighted by Gasteiger charge is 2.59. The Kier molecular flexibility index (Phi) is 3.72. The van der Waals surface area contributed by atoms with Crippen molar-refractivity contribution in [2.45, 2.75) is 25.3 Å². The zero-order chi connectivity index (χ0) is 19.6. The predicted octanol–water partition coefficient (Wildman–Crippen LogP) is 3.95. The van der Waals surface area contributed by atoms with Crippen LogP contribution >= 0.6 is 15.9 Å². The average molecular weight is 438 g/mol. The number of halogens is 1. The number of fused-ring (bicyclic) bond motifs is 6. The third kappa shape index (κ3) is 2.01. The Morgan fingerprint density at radius 3 is 2.82 bits per heavy atom. The van der Waals surface area contributed by atoms with E-state index in [-0.39, 0.29) is 11.8 Å². The first-order chi connectivity index (χ1) is 13.5. The van der Waals surface area contributed by atoms with Gasteiger partial charge in [0, 0.05) is 46.6 Å². The van der Waals surface area contributed by atoms with Crippen molar-refractivity contribution in [3.63, 3.8) is 0 Å². The van der Waals surface area contributed by atoms with E-state index in [2.05, 4.69) is 27.0 Å². The summed E-state index contributed by atoms with van der Waals surface area (Å²) in [5.41, 5.74) is 3.50. The summed E-state index contributed by atoms with van der Waals surface area (Å²) >= 11 is 3.56. The van der Waals surface area contributed by atoms with Gasteiger partial charge in [-0.05, 0) is 36.2 Å². The predicted molar refractivity (Wildman–Crippen MR) is 112 cm³/mol. The molecule has 0 unspecified atom stereocenters. The number of nitrogens with zero attached hydrogens (tertiary/aromatic N) is 2. The Bertz CT molecular complexity index is 1150. The van der Waals surface area contributed by atoms with E-state index in [1.54, 1.807) is 16.8 Å². The summed E-state index contributed by atoms with van der Waals surface area (Å²) in [5.74, 6) is -0.103. The van der Waals surface area contributed by atoms with Gasteiger partial charge in [-0.1, -0.05) is 41.1 Å². The second kappa shape index (κ2) is 5.95. The number of anilines is 1. The van der Waals surface area contributed by atoms with E-state index in [9.17, 15) is 9.59 Å². The van der Waals surface area contributed by atoms with Gasteiger partial charge in [0.2, 0.25) is 5.91 Å². The van der Waals surface area contributed by atoms with Crippen molar-refractivity contribution in [1.82, 2.24) is 9.88 Å². The van der Waals surface area contributed by atoms with Crippen molar-refractivity contribution in [3.8, 4) is 0 Å². The lowest BCUT2D eigenvalue weighted by Crippen LogP contribution is -2.58. The maximum Gasteiger partial charge on any atom is 0.263 e. The largest absolute Gasteiger partial charge is 0.355 e. The molecule has 0 radical (unpaired) electrons. The summed E-state index contributed by atoms with van der Waals surface area (Å²) in [6.45, 7) is 2.37. The molecular formula is C22H20BrN3O2. The molecule has 0 fully saturated rings. The van der Waals surface area contributed by atoms with Gasteiger partial charge in [0.15, 0.2) is 5.54 Å². The fourth-order valence-corrected chi connectivity index (χ4v) is 5.22. The fraction of sp³-hybridized carbons (Fsp3) is 0.273. The number of aromatic amines is 1. The summed E-state index contributed by atoms with van der Waals surface area (Å²) in [5, 5.41) is 1.12. The molecule has 28 heavy (non-hydrogen) atoms. The van der Waals surface area contributed by atoms with Gasteiger partial charge in [0.05, 0.1) is 5.69 Å². The van der Waals surface area contributed by atoms with Gasteiger partial charge in [-0.2, -0.15) is 0 Å². The van der Waals surface area contributed by atoms with Crippen LogP contribution in [0.2, 0.25) is 0 Å². The number of H-pyrrole nitrogens is 1. The van der Waals surface area contributed by atoms with Crippen LogP contribution in [0.25, 0.3) is 10.9 Å². The van der Waals surface area contributed by atoms with Gasteiger partial charge in [-0.25, -0.2) is 0 Å². The van der Waals surface area contributed by atoms with Gasteiger partial charge in [0.25, 0.3) is 5.91 Å². The molecule has 3 aromatic rings. The van der Waals surface area contributed by atoms with Gasteiger partial charge in [-0.3, -0.25) is 9.59 Å². The number of hydrogen-bond donors (Lipinski definition) is 1. The Hall–Kier alpha value is -2.60. The Balaban J connectivity index is 1.91. The van der Waals surface area contributed by atoms with Gasteiger partial charge in [-0.15, -0.1) is 0 Å². The van der Waals surface area contributed by atoms with Crippen molar-refractivity contribution in [3.05, 3.63) is 63.8 Å². The summed E-state index contributed by atoms with van der Waals surface area (Å²) in [7, 11) is 1.79. The fourth-order valence-electron chi connectivity index (χ4n) is 4.86. The molecule has 3 heterocycles. The van der Waals surface area contributed by atoms with E-state index in [4.69, 9.17) is 0 Å². The highest BCUT2D eigenvalue weighted by Crippen LogP contribution is 2.52. The van der Waals surface area contributed by atoms with Crippen molar-refractivity contribution < 1.29 is 9.59 Å². The van der Waals surface area contributed by atoms with Gasteiger partial charge >= 0.3 is 0 Å². The monoisotopic (exact) mass is 437 g/mol. The maximum absolute atomic E-state index is 13.8. The Morgan fingerprint density at radius 1 is 1.25 bits per heavy atom. The van der Waals surface area contributed by atoms with Crippen LogP contribution in [0, 0.1) is 0 Å². The lowest BCUT2D eigenvalue weighted by Gasteiger charge is -2.43. The zero-order valence-electron chi connectivity index (χ0n) is 15.8. The molecule has 1 atom stereocenters. The smallest absolute Gasteiger partial charge is 0.263 e. The quantitative estimate of drug-likeness (QED) is 0.626. The third-order valence-electron chi connectivity index (χ3n) is 6.09. The highest BCUT2D eigenvalue weighted by atomic mass is 79.9. The van der Waals surface area contributed by atoms with Crippen LogP contribution in [0.1, 0.15) is 30.2 Å². The van der Waals surface area contributed by atoms with Crippen LogP contribution in [0.15, 0.2) is 46.9 Å². The van der Waals surface area contributed by atoms with Crippen molar-refractivity contribution >= 4 is 44.3 Å². The first-order valence-corrected chi connectivity index (χ1v) is 10.3. The van der Waals surface area contributed by atoms with Gasteiger partial charge in [0.1, 0.15) is 0 Å². The lowest BCUT2D eigenvalue weighted by molar-refractivity contribution is -0.144. The van der Waals surface area contributed by atoms with Gasteiger partial charge < -0.3 is 14.8 Å². The normalized spacial score (nSPS) is 20.8. The number of rotatable bonds is 1. The van der Waals surface area contributed by atoms with Crippen LogP contribution in [0.3, 0.4) is 0 Å². The first-order valence-electron chi connectivity index (χ1n) is 9.48. The zero-order valence-corrected chi connectivity index (χ0v) is 17.3. The number of benzene rings is 2. The maximum atomic E-state index is 13.8. The van der Waals surface area contributed by atoms with Crippen LogP contribution in [0.5, 0.6) is 0 Å². The molecule has 2 aliphatic rings. The van der Waals surface area contributed by atoms with Crippen LogP contribution in [-0.4, -0.2) is 35.3 Å². The highest BCUT2D eigenvalue weighted by molar-refractivity contribution is 9.10. The van der Waals surface area contributed by atoms with E-state index in [1.807, 2.05) is 43.3 Å². The standard InChI is InChI=1S/C22H20BrN3O2/c1-3-19(27)26-11-10-15-14-6-4-5-7-17(14)24-20(15)22(26)16-12-13(23)8-9-18(16)25(2)21(22)28/h4-9,12,24H,3,10-11H2,1-2H3/t22-/m1/s1. The van der Waals surface area contributed by atoms with Crippen LogP contribution < -0.4 is 4.90 Å². The van der Waals surface area contributed by atoms with E-state index in [0.29, 0.717) is 13.0 Å². The number of likely N-dealkylation sites (N-methyl/N-ethyl adjacent to an activating group) is 1. The number of aromatic nitrogens is 1. The molecule has 2 aliphatic heterocycles. The second-order valence-corrected chi connectivity index (χ2v) is 8.32. The SMILES string of the molecule is CCC(=O)N1CCc2c([nH]c3ccccc23)[C@]12C(=O)N(C)c1ccc(Br)cc12. The second-order valence-electron chi connectivity index (χ2n) is 7.41. The molecule has 142 valence electrons. The van der Waals surface area contributed by atoms with E-state index >= 15 is 0 Å². The summed E-state index contributed by atoms with van der Waals surface area (Å²) < 4.78 is 0.890. The molecule has 2 amide bonds. The number of carbonyl (C=O) groups excluding carboxylic acids is 2. The number of nitrogens with one attached hydrogen (secondary N) is 1. The number of para-hydroxylation sites is 1. The lowest BCUT2D eigenvalue weighted by atomic mass is 9.79. The Labute approximate surface area is 171 Å². The minimum Gasteiger partial charge on any atom is -0.355 e. The van der Waals surface area contributed by atoms with E-state index < -0.39 is 5.54 Å². The van der Waals surface area contributed by atoms with Crippen molar-refractivity contribution in [2.24, 2.45) is 0 Å². The topological polar surface area (TPSA) is 56.4 Å². The molecule has 1 spiro atoms. The third-order valence-corrected chi connectivity index (χ3v) is 6.59. The van der Waals surface area contributed by atoms with E-state index in [1.165, 1.54) is 0 Å². The average Bonchev–Trinajstić information content (AvgIpc) is 3.18.